The molecule has 152 valence electrons. The number of nitrogens with one attached hydrogen (secondary N) is 2. The summed E-state index contributed by atoms with van der Waals surface area (Å²) in [6, 6.07) is 7.37. The Morgan fingerprint density at radius 3 is 2.55 bits per heavy atom. The van der Waals surface area contributed by atoms with E-state index in [1.807, 2.05) is 0 Å². The Kier molecular flexibility index (Phi) is 6.57. The summed E-state index contributed by atoms with van der Waals surface area (Å²) in [4.78, 5) is 12.1. The van der Waals surface area contributed by atoms with Gasteiger partial charge < -0.3 is 10.1 Å². The predicted molar refractivity (Wildman–Crippen MR) is 107 cm³/mol. The lowest BCUT2D eigenvalue weighted by Gasteiger charge is -2.10. The van der Waals surface area contributed by atoms with E-state index < -0.39 is 15.8 Å². The van der Waals surface area contributed by atoms with E-state index >= 15 is 0 Å². The van der Waals surface area contributed by atoms with Gasteiger partial charge in [0.15, 0.2) is 11.6 Å². The van der Waals surface area contributed by atoms with Crippen LogP contribution in [-0.2, 0) is 22.3 Å². The second-order valence-electron chi connectivity index (χ2n) is 5.91. The van der Waals surface area contributed by atoms with Crippen molar-refractivity contribution in [2.75, 3.05) is 12.4 Å². The van der Waals surface area contributed by atoms with Crippen LogP contribution in [0.25, 0.3) is 0 Å². The number of ether oxygens (including phenoxy) is 1. The molecule has 0 aliphatic rings. The lowest BCUT2D eigenvalue weighted by Crippen LogP contribution is -2.20. The molecular formula is C18H17ClFN5O3S. The fourth-order valence-corrected chi connectivity index (χ4v) is 3.18. The van der Waals surface area contributed by atoms with E-state index in [4.69, 9.17) is 16.3 Å². The summed E-state index contributed by atoms with van der Waals surface area (Å²) in [5, 5.41) is 3.46. The first-order valence-electron chi connectivity index (χ1n) is 8.38. The van der Waals surface area contributed by atoms with Gasteiger partial charge in [0.05, 0.1) is 23.2 Å². The molecule has 0 spiro atoms. The van der Waals surface area contributed by atoms with E-state index in [2.05, 4.69) is 25.0 Å². The van der Waals surface area contributed by atoms with Crippen molar-refractivity contribution in [1.82, 2.24) is 19.7 Å². The first-order chi connectivity index (χ1) is 13.8. The number of rotatable bonds is 8. The standard InChI is InChI=1S/C18H17ClFN5O3S/c1-21-29(26,27)11-13-2-3-16(15(20)6-13)28-17-7-12(4-5-22-17)8-23-18-24-9-14(19)10-25-18/h2-7,9-10,21H,8,11H2,1H3,(H,23,24,25). The molecule has 2 aromatic heterocycles. The van der Waals surface area contributed by atoms with Gasteiger partial charge in [0, 0.05) is 18.8 Å². The summed E-state index contributed by atoms with van der Waals surface area (Å²) >= 11 is 5.75. The van der Waals surface area contributed by atoms with Crippen LogP contribution in [0.3, 0.4) is 0 Å². The van der Waals surface area contributed by atoms with Crippen molar-refractivity contribution >= 4 is 27.6 Å². The van der Waals surface area contributed by atoms with Gasteiger partial charge in [-0.2, -0.15) is 0 Å². The lowest BCUT2D eigenvalue weighted by molar-refractivity contribution is 0.426. The molecule has 0 bridgehead atoms. The Morgan fingerprint density at radius 1 is 1.10 bits per heavy atom. The van der Waals surface area contributed by atoms with Gasteiger partial charge in [0.1, 0.15) is 0 Å². The molecule has 0 aliphatic heterocycles. The van der Waals surface area contributed by atoms with Crippen LogP contribution < -0.4 is 14.8 Å². The number of hydrogen-bond acceptors (Lipinski definition) is 7. The minimum absolute atomic E-state index is 0.0609. The van der Waals surface area contributed by atoms with Gasteiger partial charge in [-0.1, -0.05) is 17.7 Å². The highest BCUT2D eigenvalue weighted by atomic mass is 35.5. The molecule has 3 rings (SSSR count). The number of benzene rings is 1. The van der Waals surface area contributed by atoms with Crippen molar-refractivity contribution in [1.29, 1.82) is 0 Å². The van der Waals surface area contributed by atoms with Gasteiger partial charge in [-0.05, 0) is 36.4 Å². The highest BCUT2D eigenvalue weighted by Crippen LogP contribution is 2.25. The highest BCUT2D eigenvalue weighted by Gasteiger charge is 2.12. The maximum atomic E-state index is 14.3. The third-order valence-corrected chi connectivity index (χ3v) is 5.28. The molecule has 11 heteroatoms. The topological polar surface area (TPSA) is 106 Å². The first kappa shape index (κ1) is 20.9. The van der Waals surface area contributed by atoms with E-state index in [1.165, 1.54) is 37.8 Å². The fraction of sp³-hybridized carbons (Fsp3) is 0.167. The van der Waals surface area contributed by atoms with Gasteiger partial charge in [0.25, 0.3) is 0 Å². The Balaban J connectivity index is 1.67. The second-order valence-corrected chi connectivity index (χ2v) is 8.27. The van der Waals surface area contributed by atoms with Gasteiger partial charge in [-0.3, -0.25) is 0 Å². The van der Waals surface area contributed by atoms with Crippen molar-refractivity contribution < 1.29 is 17.5 Å². The summed E-state index contributed by atoms with van der Waals surface area (Å²) in [5.41, 5.74) is 1.11. The van der Waals surface area contributed by atoms with E-state index in [-0.39, 0.29) is 17.4 Å². The molecule has 8 nitrogen and oxygen atoms in total. The zero-order valence-electron chi connectivity index (χ0n) is 15.3. The molecule has 0 aliphatic carbocycles. The first-order valence-corrected chi connectivity index (χ1v) is 10.4. The Morgan fingerprint density at radius 2 is 1.86 bits per heavy atom. The van der Waals surface area contributed by atoms with Crippen LogP contribution in [0.2, 0.25) is 5.02 Å². The molecule has 0 radical (unpaired) electrons. The van der Waals surface area contributed by atoms with Crippen molar-refractivity contribution in [3.05, 3.63) is 70.9 Å². The number of anilines is 1. The number of halogens is 2. The maximum absolute atomic E-state index is 14.3. The van der Waals surface area contributed by atoms with Gasteiger partial charge in [-0.15, -0.1) is 0 Å². The van der Waals surface area contributed by atoms with Crippen molar-refractivity contribution in [2.45, 2.75) is 12.3 Å². The lowest BCUT2D eigenvalue weighted by atomic mass is 10.2. The molecule has 1 aromatic carbocycles. The minimum atomic E-state index is -3.49. The van der Waals surface area contributed by atoms with Crippen molar-refractivity contribution in [3.8, 4) is 11.6 Å². The van der Waals surface area contributed by atoms with Gasteiger partial charge in [0.2, 0.25) is 21.9 Å². The quantitative estimate of drug-likeness (QED) is 0.557. The molecule has 0 atom stereocenters. The molecule has 0 saturated heterocycles. The molecule has 2 heterocycles. The van der Waals surface area contributed by atoms with E-state index in [1.54, 1.807) is 12.1 Å². The van der Waals surface area contributed by atoms with Crippen LogP contribution in [-0.4, -0.2) is 30.4 Å². The largest absolute Gasteiger partial charge is 0.436 e. The van der Waals surface area contributed by atoms with Crippen LogP contribution in [0.5, 0.6) is 11.6 Å². The number of hydrogen-bond donors (Lipinski definition) is 2. The summed E-state index contributed by atoms with van der Waals surface area (Å²) in [6.45, 7) is 0.393. The van der Waals surface area contributed by atoms with Crippen LogP contribution in [0.15, 0.2) is 48.9 Å². The Bertz CT molecular complexity index is 1100. The zero-order valence-corrected chi connectivity index (χ0v) is 16.8. The minimum Gasteiger partial charge on any atom is -0.436 e. The Hall–Kier alpha value is -2.82. The maximum Gasteiger partial charge on any atom is 0.222 e. The van der Waals surface area contributed by atoms with E-state index in [9.17, 15) is 12.8 Å². The normalized spacial score (nSPS) is 11.3. The highest BCUT2D eigenvalue weighted by molar-refractivity contribution is 7.88. The number of pyridine rings is 1. The molecular weight excluding hydrogens is 421 g/mol. The molecule has 3 aromatic rings. The van der Waals surface area contributed by atoms with Crippen LogP contribution in [0.4, 0.5) is 10.3 Å². The molecule has 0 saturated carbocycles. The average Bonchev–Trinajstić information content (AvgIpc) is 2.70. The molecule has 2 N–H and O–H groups in total. The van der Waals surface area contributed by atoms with Gasteiger partial charge >= 0.3 is 0 Å². The molecule has 0 unspecified atom stereocenters. The summed E-state index contributed by atoms with van der Waals surface area (Å²) in [7, 11) is -2.19. The fourth-order valence-electron chi connectivity index (χ4n) is 2.32. The van der Waals surface area contributed by atoms with E-state index in [0.717, 1.165) is 11.6 Å². The Labute approximate surface area is 172 Å². The van der Waals surface area contributed by atoms with Crippen molar-refractivity contribution in [3.63, 3.8) is 0 Å². The summed E-state index contributed by atoms with van der Waals surface area (Å²) in [5.74, 6) is -0.474. The third-order valence-electron chi connectivity index (χ3n) is 3.75. The van der Waals surface area contributed by atoms with Crippen LogP contribution >= 0.6 is 11.6 Å². The molecule has 29 heavy (non-hydrogen) atoms. The number of aromatic nitrogens is 3. The van der Waals surface area contributed by atoms with Gasteiger partial charge in [-0.25, -0.2) is 32.5 Å². The monoisotopic (exact) mass is 437 g/mol. The number of nitrogens with zero attached hydrogens (tertiary/aromatic N) is 3. The second kappa shape index (κ2) is 9.12. The third kappa shape index (κ3) is 6.08. The SMILES string of the molecule is CNS(=O)(=O)Cc1ccc(Oc2cc(CNc3ncc(Cl)cn3)ccn2)c(F)c1. The smallest absolute Gasteiger partial charge is 0.222 e. The molecule has 0 amide bonds. The average molecular weight is 438 g/mol. The summed E-state index contributed by atoms with van der Waals surface area (Å²) < 4.78 is 45.2. The van der Waals surface area contributed by atoms with E-state index in [0.29, 0.717) is 23.1 Å². The number of sulfonamides is 1. The zero-order chi connectivity index (χ0) is 20.9. The van der Waals surface area contributed by atoms with Crippen LogP contribution in [0.1, 0.15) is 11.1 Å². The summed E-state index contributed by atoms with van der Waals surface area (Å²) in [6.07, 6.45) is 4.49. The molecule has 0 fully saturated rings. The predicted octanol–water partition coefficient (Wildman–Crippen LogP) is 3.12. The van der Waals surface area contributed by atoms with Crippen LogP contribution in [0, 0.1) is 5.82 Å². The van der Waals surface area contributed by atoms with Crippen molar-refractivity contribution in [2.24, 2.45) is 0 Å².